The van der Waals surface area contributed by atoms with E-state index >= 15 is 0 Å². The molecule has 0 amide bonds. The van der Waals surface area contributed by atoms with Gasteiger partial charge in [-0.05, 0) is 24.1 Å². The average Bonchev–Trinajstić information content (AvgIpc) is 3.39. The highest BCUT2D eigenvalue weighted by Crippen LogP contribution is 2.30. The number of thiophene rings is 1. The Labute approximate surface area is 180 Å². The van der Waals surface area contributed by atoms with Crippen LogP contribution in [0.1, 0.15) is 50.2 Å². The van der Waals surface area contributed by atoms with Crippen molar-refractivity contribution in [2.45, 2.75) is 46.2 Å². The first kappa shape index (κ1) is 20.6. The van der Waals surface area contributed by atoms with E-state index in [4.69, 9.17) is 9.40 Å². The number of quaternary nitrogens is 1. The number of hydrogen-bond donors (Lipinski definition) is 2. The molecule has 4 aromatic rings. The molecule has 0 fully saturated rings. The van der Waals surface area contributed by atoms with Crippen LogP contribution in [0.15, 0.2) is 57.3 Å². The highest BCUT2D eigenvalue weighted by atomic mass is 32.1. The van der Waals surface area contributed by atoms with Gasteiger partial charge in [-0.15, -0.1) is 11.3 Å². The van der Waals surface area contributed by atoms with Crippen molar-refractivity contribution in [3.63, 3.8) is 0 Å². The summed E-state index contributed by atoms with van der Waals surface area (Å²) in [6.45, 7) is 7.29. The van der Waals surface area contributed by atoms with Crippen LogP contribution in [0.4, 0.5) is 0 Å². The lowest BCUT2D eigenvalue weighted by molar-refractivity contribution is -0.718. The summed E-state index contributed by atoms with van der Waals surface area (Å²) < 4.78 is 5.47. The number of aromatic amines is 1. The van der Waals surface area contributed by atoms with Crippen LogP contribution in [-0.4, -0.2) is 9.97 Å². The van der Waals surface area contributed by atoms with Crippen LogP contribution in [0.25, 0.3) is 21.5 Å². The number of nitrogens with zero attached hydrogens (tertiary/aromatic N) is 1. The van der Waals surface area contributed by atoms with Gasteiger partial charge < -0.3 is 14.7 Å². The average molecular weight is 423 g/mol. The van der Waals surface area contributed by atoms with Gasteiger partial charge in [-0.1, -0.05) is 51.5 Å². The van der Waals surface area contributed by atoms with Crippen LogP contribution in [0.2, 0.25) is 0 Å². The predicted octanol–water partition coefficient (Wildman–Crippen LogP) is 4.66. The number of rotatable bonds is 8. The zero-order valence-corrected chi connectivity index (χ0v) is 18.5. The number of benzene rings is 1. The first-order valence-corrected chi connectivity index (χ1v) is 11.4. The Morgan fingerprint density at radius 1 is 1.20 bits per heavy atom. The van der Waals surface area contributed by atoms with Gasteiger partial charge in [-0.2, -0.15) is 0 Å². The monoisotopic (exact) mass is 422 g/mol. The smallest absolute Gasteiger partial charge is 0.260 e. The predicted molar refractivity (Wildman–Crippen MR) is 122 cm³/mol. The van der Waals surface area contributed by atoms with E-state index in [0.29, 0.717) is 35.5 Å². The summed E-state index contributed by atoms with van der Waals surface area (Å²) in [5, 5.41) is 4.81. The summed E-state index contributed by atoms with van der Waals surface area (Å²) in [5.41, 5.74) is 3.38. The van der Waals surface area contributed by atoms with Gasteiger partial charge in [0.2, 0.25) is 0 Å². The van der Waals surface area contributed by atoms with Gasteiger partial charge in [0, 0.05) is 22.4 Å². The van der Waals surface area contributed by atoms with Crippen molar-refractivity contribution >= 4 is 21.6 Å². The molecular weight excluding hydrogens is 394 g/mol. The minimum atomic E-state index is -0.110. The summed E-state index contributed by atoms with van der Waals surface area (Å²) in [4.78, 5) is 21.2. The minimum absolute atomic E-state index is 0.110. The van der Waals surface area contributed by atoms with Crippen LogP contribution in [0.3, 0.4) is 0 Å². The maximum atomic E-state index is 12.8. The highest BCUT2D eigenvalue weighted by Gasteiger charge is 2.21. The van der Waals surface area contributed by atoms with Gasteiger partial charge in [0.15, 0.2) is 5.82 Å². The molecule has 3 heterocycles. The van der Waals surface area contributed by atoms with E-state index in [9.17, 15) is 4.79 Å². The van der Waals surface area contributed by atoms with E-state index in [1.165, 1.54) is 22.5 Å². The van der Waals surface area contributed by atoms with Gasteiger partial charge in [0.1, 0.15) is 23.2 Å². The molecule has 3 aromatic heterocycles. The molecule has 0 radical (unpaired) electrons. The summed E-state index contributed by atoms with van der Waals surface area (Å²) in [5.74, 6) is 1.86. The fourth-order valence-corrected chi connectivity index (χ4v) is 4.88. The topological polar surface area (TPSA) is 75.5 Å². The van der Waals surface area contributed by atoms with Crippen LogP contribution in [-0.2, 0) is 13.0 Å². The molecule has 0 unspecified atom stereocenters. The zero-order valence-electron chi connectivity index (χ0n) is 17.6. The third-order valence-electron chi connectivity index (χ3n) is 5.47. The second-order valence-electron chi connectivity index (χ2n) is 8.02. The molecule has 5 nitrogen and oxygen atoms in total. The first-order chi connectivity index (χ1) is 14.6. The number of nitrogens with one attached hydrogen (secondary N) is 1. The fraction of sp³-hybridized carbons (Fsp3) is 0.333. The third-order valence-corrected chi connectivity index (χ3v) is 6.34. The first-order valence-electron chi connectivity index (χ1n) is 10.5. The minimum Gasteiger partial charge on any atom is -0.464 e. The molecule has 30 heavy (non-hydrogen) atoms. The summed E-state index contributed by atoms with van der Waals surface area (Å²) in [6, 6.07) is 12.9. The summed E-state index contributed by atoms with van der Waals surface area (Å²) >= 11 is 1.48. The Morgan fingerprint density at radius 2 is 2.00 bits per heavy atom. The Balaban J connectivity index is 1.55. The lowest BCUT2D eigenvalue weighted by Crippen LogP contribution is -2.85. The van der Waals surface area contributed by atoms with Crippen molar-refractivity contribution in [2.75, 3.05) is 0 Å². The van der Waals surface area contributed by atoms with Crippen molar-refractivity contribution in [2.24, 2.45) is 5.92 Å². The molecule has 0 aliphatic heterocycles. The van der Waals surface area contributed by atoms with Crippen LogP contribution in [0, 0.1) is 5.92 Å². The van der Waals surface area contributed by atoms with Gasteiger partial charge in [-0.3, -0.25) is 4.79 Å². The Bertz CT molecular complexity index is 1160. The lowest BCUT2D eigenvalue weighted by atomic mass is 9.94. The molecule has 156 valence electrons. The molecule has 1 aromatic carbocycles. The number of H-pyrrole nitrogens is 1. The Kier molecular flexibility index (Phi) is 6.16. The molecule has 4 rings (SSSR count). The third kappa shape index (κ3) is 4.25. The number of nitrogens with two attached hydrogens (primary N) is 1. The molecule has 1 atom stereocenters. The Morgan fingerprint density at radius 3 is 2.67 bits per heavy atom. The molecule has 0 saturated carbocycles. The van der Waals surface area contributed by atoms with Gasteiger partial charge in [0.25, 0.3) is 5.56 Å². The maximum absolute atomic E-state index is 12.8. The number of furan rings is 1. The molecule has 3 N–H and O–H groups in total. The fourth-order valence-electron chi connectivity index (χ4n) is 3.93. The summed E-state index contributed by atoms with van der Waals surface area (Å²) in [7, 11) is 0. The normalized spacial score (nSPS) is 12.7. The largest absolute Gasteiger partial charge is 0.464 e. The second kappa shape index (κ2) is 8.98. The number of fused-ring (bicyclic) bond motifs is 1. The van der Waals surface area contributed by atoms with E-state index in [0.717, 1.165) is 23.2 Å². The quantitative estimate of drug-likeness (QED) is 0.434. The van der Waals surface area contributed by atoms with Gasteiger partial charge in [-0.25, -0.2) is 4.98 Å². The lowest BCUT2D eigenvalue weighted by Gasteiger charge is -2.19. The molecule has 0 aliphatic carbocycles. The van der Waals surface area contributed by atoms with E-state index in [1.54, 1.807) is 6.26 Å². The van der Waals surface area contributed by atoms with Crippen molar-refractivity contribution in [3.8, 4) is 11.3 Å². The van der Waals surface area contributed by atoms with Crippen LogP contribution >= 0.6 is 11.3 Å². The van der Waals surface area contributed by atoms with Gasteiger partial charge >= 0.3 is 0 Å². The maximum Gasteiger partial charge on any atom is 0.260 e. The SMILES string of the molecule is CCCc1ccc([C@@H]([NH2+]Cc2nc3scc(-c4ccco4)c3c(=O)[nH]2)C(C)C)cc1. The van der Waals surface area contributed by atoms with E-state index < -0.39 is 0 Å². The molecule has 0 aliphatic rings. The standard InChI is InChI=1S/C24H27N3O2S/c1-4-6-16-8-10-17(11-9-16)22(15(2)3)25-13-20-26-23(28)21-18(14-30-24(21)27-20)19-7-5-12-29-19/h5,7-12,14-15,22,25H,4,6,13H2,1-3H3,(H,26,27,28)/p+1/t22-/m0/s1. The Hall–Kier alpha value is -2.70. The van der Waals surface area contributed by atoms with E-state index in [2.05, 4.69) is 55.3 Å². The van der Waals surface area contributed by atoms with Crippen LogP contribution in [0.5, 0.6) is 0 Å². The molecule has 6 heteroatoms. The van der Waals surface area contributed by atoms with Crippen molar-refractivity contribution in [1.29, 1.82) is 0 Å². The second-order valence-corrected chi connectivity index (χ2v) is 8.88. The highest BCUT2D eigenvalue weighted by molar-refractivity contribution is 7.17. The molecule has 0 saturated heterocycles. The molecule has 0 spiro atoms. The van der Waals surface area contributed by atoms with E-state index in [-0.39, 0.29) is 5.56 Å². The number of aromatic nitrogens is 2. The van der Waals surface area contributed by atoms with Crippen molar-refractivity contribution in [1.82, 2.24) is 9.97 Å². The zero-order chi connectivity index (χ0) is 21.1. The number of aryl methyl sites for hydroxylation is 1. The van der Waals surface area contributed by atoms with E-state index in [1.807, 2.05) is 17.5 Å². The molecular formula is C24H28N3O2S+. The number of hydrogen-bond acceptors (Lipinski definition) is 4. The van der Waals surface area contributed by atoms with Gasteiger partial charge in [0.05, 0.1) is 11.6 Å². The van der Waals surface area contributed by atoms with Crippen molar-refractivity contribution < 1.29 is 9.73 Å². The molecule has 0 bridgehead atoms. The summed E-state index contributed by atoms with van der Waals surface area (Å²) in [6.07, 6.45) is 3.89. The van der Waals surface area contributed by atoms with Crippen LogP contribution < -0.4 is 10.9 Å². The van der Waals surface area contributed by atoms with Crippen molar-refractivity contribution in [3.05, 3.63) is 75.3 Å².